The van der Waals surface area contributed by atoms with E-state index in [2.05, 4.69) is 26.5 Å². The van der Waals surface area contributed by atoms with Crippen molar-refractivity contribution in [2.75, 3.05) is 6.61 Å². The fourth-order valence-corrected chi connectivity index (χ4v) is 3.53. The van der Waals surface area contributed by atoms with E-state index in [4.69, 9.17) is 32.7 Å². The summed E-state index contributed by atoms with van der Waals surface area (Å²) in [4.78, 5) is 12.2. The van der Waals surface area contributed by atoms with E-state index in [1.165, 1.54) is 18.3 Å². The number of rotatable bonds is 8. The van der Waals surface area contributed by atoms with Crippen molar-refractivity contribution in [1.82, 2.24) is 5.43 Å². The molecule has 0 spiro atoms. The Balaban J connectivity index is 1.69. The summed E-state index contributed by atoms with van der Waals surface area (Å²) in [6, 6.07) is 15.0. The largest absolute Gasteiger partial charge is 0.507 e. The topological polar surface area (TPSA) is 80.2 Å². The molecule has 0 bridgehead atoms. The average Bonchev–Trinajstić information content (AvgIpc) is 2.76. The van der Waals surface area contributed by atoms with E-state index in [0.29, 0.717) is 38.2 Å². The molecule has 0 aliphatic rings. The molecule has 3 aromatic rings. The number of halogens is 3. The molecule has 0 saturated carbocycles. The maximum atomic E-state index is 12.2. The predicted molar refractivity (Wildman–Crippen MR) is 129 cm³/mol. The summed E-state index contributed by atoms with van der Waals surface area (Å²) in [6.45, 7) is 2.55. The molecule has 0 fully saturated rings. The summed E-state index contributed by atoms with van der Waals surface area (Å²) in [5, 5.41) is 14.9. The second kappa shape index (κ2) is 11.2. The minimum atomic E-state index is -0.537. The second-order valence-corrected chi connectivity index (χ2v) is 8.28. The monoisotopic (exact) mass is 536 g/mol. The van der Waals surface area contributed by atoms with Gasteiger partial charge < -0.3 is 14.6 Å². The molecule has 0 heterocycles. The van der Waals surface area contributed by atoms with Gasteiger partial charge in [-0.25, -0.2) is 5.43 Å². The molecule has 0 aromatic heterocycles. The minimum absolute atomic E-state index is 0.108. The number of aromatic hydroxyl groups is 1. The Morgan fingerprint density at radius 2 is 1.91 bits per heavy atom. The molecule has 3 rings (SSSR count). The molecule has 32 heavy (non-hydrogen) atoms. The van der Waals surface area contributed by atoms with Crippen LogP contribution in [0.15, 0.2) is 64.2 Å². The lowest BCUT2D eigenvalue weighted by Gasteiger charge is -2.13. The smallest absolute Gasteiger partial charge is 0.275 e. The Kier molecular flexibility index (Phi) is 8.39. The molecule has 0 aliphatic heterocycles. The van der Waals surface area contributed by atoms with Crippen LogP contribution in [0.2, 0.25) is 10.0 Å². The second-order valence-electron chi connectivity index (χ2n) is 6.52. The first-order valence-electron chi connectivity index (χ1n) is 9.53. The molecule has 166 valence electrons. The van der Waals surface area contributed by atoms with Gasteiger partial charge in [-0.2, -0.15) is 5.10 Å². The number of hydrazone groups is 1. The van der Waals surface area contributed by atoms with Crippen LogP contribution in [0.4, 0.5) is 0 Å². The number of amides is 1. The maximum absolute atomic E-state index is 12.2. The molecule has 6 nitrogen and oxygen atoms in total. The number of carbonyl (C=O) groups is 1. The van der Waals surface area contributed by atoms with E-state index in [-0.39, 0.29) is 17.9 Å². The van der Waals surface area contributed by atoms with Crippen LogP contribution in [0.5, 0.6) is 17.2 Å². The van der Waals surface area contributed by atoms with Crippen molar-refractivity contribution in [2.45, 2.75) is 13.5 Å². The summed E-state index contributed by atoms with van der Waals surface area (Å²) in [5.74, 6) is 0.391. The lowest BCUT2D eigenvalue weighted by Crippen LogP contribution is -2.17. The van der Waals surface area contributed by atoms with Gasteiger partial charge in [0, 0.05) is 20.1 Å². The molecule has 0 unspecified atom stereocenters. The standard InChI is InChI=1S/C23H19BrCl2N2O4/c1-2-31-22-9-14(12-27-28-23(30)18-10-16(24)5-7-20(18)29)3-8-21(22)32-13-15-4-6-17(25)11-19(15)26/h3-12,29H,2,13H2,1H3,(H,28,30)/b27-12-. The summed E-state index contributed by atoms with van der Waals surface area (Å²) in [6.07, 6.45) is 1.47. The molecule has 0 aliphatic carbocycles. The number of nitrogens with zero attached hydrogens (tertiary/aromatic N) is 1. The predicted octanol–water partition coefficient (Wildman–Crippen LogP) is 6.20. The number of hydrogen-bond acceptors (Lipinski definition) is 5. The third kappa shape index (κ3) is 6.38. The third-order valence-electron chi connectivity index (χ3n) is 4.25. The molecular weight excluding hydrogens is 519 g/mol. The molecule has 2 N–H and O–H groups in total. The van der Waals surface area contributed by atoms with E-state index in [1.807, 2.05) is 6.92 Å². The highest BCUT2D eigenvalue weighted by Gasteiger charge is 2.11. The van der Waals surface area contributed by atoms with E-state index in [0.717, 1.165) is 5.56 Å². The number of hydrogen-bond donors (Lipinski definition) is 2. The van der Waals surface area contributed by atoms with Crippen LogP contribution in [0.25, 0.3) is 0 Å². The van der Waals surface area contributed by atoms with Gasteiger partial charge in [0.15, 0.2) is 11.5 Å². The van der Waals surface area contributed by atoms with E-state index in [1.54, 1.807) is 42.5 Å². The van der Waals surface area contributed by atoms with Crippen molar-refractivity contribution in [2.24, 2.45) is 5.10 Å². The van der Waals surface area contributed by atoms with Crippen LogP contribution in [-0.4, -0.2) is 23.8 Å². The third-order valence-corrected chi connectivity index (χ3v) is 5.33. The Hall–Kier alpha value is -2.74. The van der Waals surface area contributed by atoms with Gasteiger partial charge in [0.1, 0.15) is 12.4 Å². The van der Waals surface area contributed by atoms with Crippen LogP contribution in [0.3, 0.4) is 0 Å². The summed E-state index contributed by atoms with van der Waals surface area (Å²) < 4.78 is 12.2. The SMILES string of the molecule is CCOc1cc(/C=N\NC(=O)c2cc(Br)ccc2O)ccc1OCc1ccc(Cl)cc1Cl. The fraction of sp³-hybridized carbons (Fsp3) is 0.130. The van der Waals surface area contributed by atoms with Crippen molar-refractivity contribution in [1.29, 1.82) is 0 Å². The summed E-state index contributed by atoms with van der Waals surface area (Å²) >= 11 is 15.4. The van der Waals surface area contributed by atoms with Gasteiger partial charge in [-0.1, -0.05) is 45.2 Å². The fourth-order valence-electron chi connectivity index (χ4n) is 2.70. The summed E-state index contributed by atoms with van der Waals surface area (Å²) in [5.41, 5.74) is 3.98. The number of nitrogens with one attached hydrogen (secondary N) is 1. The van der Waals surface area contributed by atoms with Crippen LogP contribution >= 0.6 is 39.1 Å². The first kappa shape index (κ1) is 23.9. The lowest BCUT2D eigenvalue weighted by atomic mass is 10.2. The first-order valence-corrected chi connectivity index (χ1v) is 11.1. The average molecular weight is 538 g/mol. The van der Waals surface area contributed by atoms with E-state index >= 15 is 0 Å². The number of phenols is 1. The Labute approximate surface area is 203 Å². The van der Waals surface area contributed by atoms with Gasteiger partial charge in [0.25, 0.3) is 5.91 Å². The van der Waals surface area contributed by atoms with Crippen molar-refractivity contribution >= 4 is 51.3 Å². The first-order chi connectivity index (χ1) is 15.4. The number of phenolic OH excluding ortho intramolecular Hbond substituents is 1. The van der Waals surface area contributed by atoms with Gasteiger partial charge in [-0.05, 0) is 61.0 Å². The number of carbonyl (C=O) groups excluding carboxylic acids is 1. The van der Waals surface area contributed by atoms with Crippen LogP contribution in [0, 0.1) is 0 Å². The highest BCUT2D eigenvalue weighted by molar-refractivity contribution is 9.10. The van der Waals surface area contributed by atoms with Gasteiger partial charge in [0.05, 0.1) is 18.4 Å². The zero-order valence-electron chi connectivity index (χ0n) is 16.9. The molecule has 3 aromatic carbocycles. The van der Waals surface area contributed by atoms with Gasteiger partial charge in [-0.15, -0.1) is 0 Å². The Morgan fingerprint density at radius 1 is 1.09 bits per heavy atom. The maximum Gasteiger partial charge on any atom is 0.275 e. The minimum Gasteiger partial charge on any atom is -0.507 e. The van der Waals surface area contributed by atoms with Crippen LogP contribution < -0.4 is 14.9 Å². The molecule has 1 amide bonds. The molecule has 0 atom stereocenters. The van der Waals surface area contributed by atoms with E-state index in [9.17, 15) is 9.90 Å². The van der Waals surface area contributed by atoms with E-state index < -0.39 is 5.91 Å². The lowest BCUT2D eigenvalue weighted by molar-refractivity contribution is 0.0952. The van der Waals surface area contributed by atoms with Gasteiger partial charge >= 0.3 is 0 Å². The quantitative estimate of drug-likeness (QED) is 0.264. The Bertz CT molecular complexity index is 1150. The highest BCUT2D eigenvalue weighted by atomic mass is 79.9. The van der Waals surface area contributed by atoms with Gasteiger partial charge in [0.2, 0.25) is 0 Å². The van der Waals surface area contributed by atoms with Crippen LogP contribution in [-0.2, 0) is 6.61 Å². The van der Waals surface area contributed by atoms with Crippen molar-refractivity contribution < 1.29 is 19.4 Å². The zero-order valence-corrected chi connectivity index (χ0v) is 20.0. The summed E-state index contributed by atoms with van der Waals surface area (Å²) in [7, 11) is 0. The number of ether oxygens (including phenoxy) is 2. The highest BCUT2D eigenvalue weighted by Crippen LogP contribution is 2.30. The molecule has 9 heteroatoms. The number of benzene rings is 3. The van der Waals surface area contributed by atoms with Crippen molar-refractivity contribution in [3.8, 4) is 17.2 Å². The normalized spacial score (nSPS) is 10.9. The molecule has 0 saturated heterocycles. The van der Waals surface area contributed by atoms with Crippen LogP contribution in [0.1, 0.15) is 28.4 Å². The van der Waals surface area contributed by atoms with Gasteiger partial charge in [-0.3, -0.25) is 4.79 Å². The zero-order chi connectivity index (χ0) is 23.1. The molecular formula is C23H19BrCl2N2O4. The molecule has 0 radical (unpaired) electrons. The Morgan fingerprint density at radius 3 is 2.66 bits per heavy atom. The van der Waals surface area contributed by atoms with Crippen molar-refractivity contribution in [3.05, 3.63) is 85.8 Å². The van der Waals surface area contributed by atoms with Crippen molar-refractivity contribution in [3.63, 3.8) is 0 Å².